The molecule has 0 fully saturated rings. The maximum atomic E-state index is 3.78. The van der Waals surface area contributed by atoms with Crippen LogP contribution in [0.5, 0.6) is 0 Å². The Kier molecular flexibility index (Phi) is 5.00. The minimum absolute atomic E-state index is 1.09. The number of benzene rings is 1. The number of rotatable bonds is 0. The molecular formula is C9H11Mn-. The van der Waals surface area contributed by atoms with Crippen LogP contribution in [0.15, 0.2) is 24.3 Å². The molecule has 0 heterocycles. The molecule has 0 amide bonds. The average Bonchev–Trinajstić information content (AvgIpc) is 1.91. The molecule has 1 aromatic rings. The van der Waals surface area contributed by atoms with Gasteiger partial charge in [-0.25, -0.2) is 0 Å². The summed E-state index contributed by atoms with van der Waals surface area (Å²) in [4.78, 5) is 0. The Labute approximate surface area is 70.6 Å². The molecule has 0 atom stereocenters. The summed E-state index contributed by atoms with van der Waals surface area (Å²) in [6, 6.07) is 8.12. The summed E-state index contributed by atoms with van der Waals surface area (Å²) < 4.78 is 0. The van der Waals surface area contributed by atoms with Crippen LogP contribution in [0.25, 0.3) is 0 Å². The normalized spacial score (nSPS) is 7.70. The van der Waals surface area contributed by atoms with Gasteiger partial charge in [0.1, 0.15) is 0 Å². The first-order chi connectivity index (χ1) is 4.79. The van der Waals surface area contributed by atoms with Crippen molar-refractivity contribution in [2.24, 2.45) is 0 Å². The van der Waals surface area contributed by atoms with Crippen LogP contribution in [0.4, 0.5) is 0 Å². The molecule has 0 bridgehead atoms. The fraction of sp³-hybridized carbons (Fsp3) is 0.111. The number of hydrogen-bond donors (Lipinski definition) is 0. The Morgan fingerprint density at radius 2 is 2.00 bits per heavy atom. The van der Waals surface area contributed by atoms with Crippen molar-refractivity contribution in [3.05, 3.63) is 42.3 Å². The molecule has 0 N–H and O–H groups in total. The molecule has 55 valence electrons. The summed E-state index contributed by atoms with van der Waals surface area (Å²) in [5.74, 6) is 0. The standard InChI is InChI=1S/C8H9.CH2.Mn/c1-7-4-3-5-8(2)6-7;;/h3-6H,1H2,2H3;1H2;/q-1;;. The average molecular weight is 174 g/mol. The van der Waals surface area contributed by atoms with Crippen molar-refractivity contribution in [1.82, 2.24) is 0 Å². The van der Waals surface area contributed by atoms with E-state index in [1.807, 2.05) is 12.1 Å². The molecule has 0 aromatic heterocycles. The van der Waals surface area contributed by atoms with Crippen LogP contribution < -0.4 is 0 Å². The monoisotopic (exact) mass is 174 g/mol. The van der Waals surface area contributed by atoms with Crippen LogP contribution in [0.2, 0.25) is 0 Å². The zero-order chi connectivity index (χ0) is 7.98. The van der Waals surface area contributed by atoms with Crippen LogP contribution in [0, 0.1) is 13.8 Å². The Hall–Kier alpha value is -0.521. The fourth-order valence-electron chi connectivity index (χ4n) is 0.712. The van der Waals surface area contributed by atoms with Crippen molar-refractivity contribution >= 4 is 5.42 Å². The van der Waals surface area contributed by atoms with Gasteiger partial charge in [0.2, 0.25) is 0 Å². The van der Waals surface area contributed by atoms with Gasteiger partial charge in [-0.3, -0.25) is 0 Å². The molecule has 0 unspecified atom stereocenters. The van der Waals surface area contributed by atoms with Gasteiger partial charge in [-0.2, -0.15) is 24.6 Å². The van der Waals surface area contributed by atoms with Gasteiger partial charge in [-0.05, 0) is 0 Å². The Balaban J connectivity index is 0.000000371. The molecule has 10 heavy (non-hydrogen) atoms. The molecule has 0 aliphatic heterocycles. The molecule has 0 radical (unpaired) electrons. The zero-order valence-corrected chi connectivity index (χ0v) is 7.28. The van der Waals surface area contributed by atoms with Gasteiger partial charge in [-0.15, -0.1) is 11.6 Å². The second kappa shape index (κ2) is 5.28. The Bertz CT molecular complexity index is 176. The molecule has 1 aromatic carbocycles. The van der Waals surface area contributed by atoms with E-state index >= 15 is 0 Å². The second-order valence-corrected chi connectivity index (χ2v) is 1.99. The van der Waals surface area contributed by atoms with Crippen molar-refractivity contribution in [1.29, 1.82) is 0 Å². The van der Waals surface area contributed by atoms with Crippen LogP contribution in [0.3, 0.4) is 0 Å². The van der Waals surface area contributed by atoms with E-state index in [1.54, 1.807) is 0 Å². The summed E-state index contributed by atoms with van der Waals surface area (Å²) in [6.07, 6.45) is 0. The summed E-state index contributed by atoms with van der Waals surface area (Å²) in [6.45, 7) is 5.85. The SMILES string of the molecule is [CH2-]c1cccc(C)c1.[CH2]=[Mn]. The van der Waals surface area contributed by atoms with Crippen LogP contribution >= 0.6 is 0 Å². The molecule has 0 aliphatic rings. The third-order valence-corrected chi connectivity index (χ3v) is 1.08. The van der Waals surface area contributed by atoms with Crippen molar-refractivity contribution in [3.63, 3.8) is 0 Å². The summed E-state index contributed by atoms with van der Waals surface area (Å²) in [5.41, 5.74) is 5.43. The van der Waals surface area contributed by atoms with E-state index in [2.05, 4.69) is 47.0 Å². The van der Waals surface area contributed by atoms with Crippen LogP contribution in [-0.4, -0.2) is 5.42 Å². The van der Waals surface area contributed by atoms with Gasteiger partial charge >= 0.3 is 21.0 Å². The third kappa shape index (κ3) is 3.49. The second-order valence-electron chi connectivity index (χ2n) is 1.99. The topological polar surface area (TPSA) is 0 Å². The van der Waals surface area contributed by atoms with E-state index in [0.29, 0.717) is 0 Å². The molecule has 0 nitrogen and oxygen atoms in total. The molecular weight excluding hydrogens is 163 g/mol. The van der Waals surface area contributed by atoms with E-state index in [9.17, 15) is 0 Å². The molecule has 0 aliphatic carbocycles. The number of hydrogen-bond acceptors (Lipinski definition) is 0. The first kappa shape index (κ1) is 9.48. The molecule has 0 saturated heterocycles. The van der Waals surface area contributed by atoms with Gasteiger partial charge < -0.3 is 0 Å². The van der Waals surface area contributed by atoms with E-state index in [0.717, 1.165) is 5.56 Å². The van der Waals surface area contributed by atoms with Gasteiger partial charge in [0.25, 0.3) is 0 Å². The van der Waals surface area contributed by atoms with Crippen LogP contribution in [0.1, 0.15) is 11.1 Å². The fourth-order valence-corrected chi connectivity index (χ4v) is 0.712. The molecule has 1 heteroatoms. The van der Waals surface area contributed by atoms with E-state index < -0.39 is 0 Å². The van der Waals surface area contributed by atoms with Gasteiger partial charge in [-0.1, -0.05) is 13.0 Å². The Morgan fingerprint density at radius 3 is 2.30 bits per heavy atom. The summed E-state index contributed by atoms with van der Waals surface area (Å²) >= 11 is 2.69. The molecule has 1 rings (SSSR count). The maximum absolute atomic E-state index is 3.78. The predicted octanol–water partition coefficient (Wildman–Crippen LogP) is 2.14. The van der Waals surface area contributed by atoms with Crippen molar-refractivity contribution in [2.75, 3.05) is 0 Å². The predicted molar refractivity (Wildman–Crippen MR) is 42.8 cm³/mol. The summed E-state index contributed by atoms with van der Waals surface area (Å²) in [5, 5.41) is 0. The van der Waals surface area contributed by atoms with Gasteiger partial charge in [0, 0.05) is 0 Å². The van der Waals surface area contributed by atoms with Crippen molar-refractivity contribution in [3.8, 4) is 0 Å². The van der Waals surface area contributed by atoms with E-state index in [-0.39, 0.29) is 0 Å². The summed E-state index contributed by atoms with van der Waals surface area (Å²) in [7, 11) is 0. The zero-order valence-electron chi connectivity index (χ0n) is 6.10. The van der Waals surface area contributed by atoms with Crippen molar-refractivity contribution in [2.45, 2.75) is 6.92 Å². The van der Waals surface area contributed by atoms with E-state index in [4.69, 9.17) is 0 Å². The minimum atomic E-state index is 1.09. The molecule has 0 spiro atoms. The van der Waals surface area contributed by atoms with Crippen molar-refractivity contribution < 1.29 is 15.6 Å². The third-order valence-electron chi connectivity index (χ3n) is 1.08. The first-order valence-corrected chi connectivity index (χ1v) is 3.78. The Morgan fingerprint density at radius 1 is 1.40 bits per heavy atom. The van der Waals surface area contributed by atoms with E-state index in [1.165, 1.54) is 5.56 Å². The van der Waals surface area contributed by atoms with Gasteiger partial charge in [0.05, 0.1) is 0 Å². The quantitative estimate of drug-likeness (QED) is 0.417. The number of aryl methyl sites for hydroxylation is 1. The molecule has 0 saturated carbocycles. The van der Waals surface area contributed by atoms with Gasteiger partial charge in [0.15, 0.2) is 0 Å². The first-order valence-electron chi connectivity index (χ1n) is 2.94. The van der Waals surface area contributed by atoms with Crippen LogP contribution in [-0.2, 0) is 15.6 Å².